The maximum atomic E-state index is 5.51. The molecule has 5 heteroatoms. The summed E-state index contributed by atoms with van der Waals surface area (Å²) in [7, 11) is 0. The lowest BCUT2D eigenvalue weighted by Crippen LogP contribution is -2.13. The van der Waals surface area contributed by atoms with Crippen molar-refractivity contribution in [3.8, 4) is 5.75 Å². The van der Waals surface area contributed by atoms with Crippen LogP contribution in [0.1, 0.15) is 13.3 Å². The Morgan fingerprint density at radius 3 is 3.26 bits per heavy atom. The number of anilines is 1. The van der Waals surface area contributed by atoms with E-state index in [0.29, 0.717) is 12.5 Å². The fourth-order valence-electron chi connectivity index (χ4n) is 2.21. The third-order valence-electron chi connectivity index (χ3n) is 3.24. The Hall–Kier alpha value is -1.33. The van der Waals surface area contributed by atoms with E-state index < -0.39 is 0 Å². The van der Waals surface area contributed by atoms with Crippen LogP contribution < -0.4 is 10.1 Å². The van der Waals surface area contributed by atoms with Crippen molar-refractivity contribution >= 4 is 26.7 Å². The fourth-order valence-corrected chi connectivity index (χ4v) is 3.11. The van der Waals surface area contributed by atoms with Gasteiger partial charge in [0.25, 0.3) is 0 Å². The molecule has 0 radical (unpaired) electrons. The van der Waals surface area contributed by atoms with Crippen LogP contribution in [0.2, 0.25) is 0 Å². The quantitative estimate of drug-likeness (QED) is 0.912. The molecule has 1 aliphatic heterocycles. The average molecular weight is 278 g/mol. The molecule has 19 heavy (non-hydrogen) atoms. The minimum Gasteiger partial charge on any atom is -0.494 e. The van der Waals surface area contributed by atoms with Gasteiger partial charge in [0.1, 0.15) is 5.75 Å². The molecule has 1 N–H and O–H groups in total. The summed E-state index contributed by atoms with van der Waals surface area (Å²) in [6, 6.07) is 6.04. The van der Waals surface area contributed by atoms with Crippen molar-refractivity contribution in [3.63, 3.8) is 0 Å². The largest absolute Gasteiger partial charge is 0.494 e. The molecule has 3 rings (SSSR count). The van der Waals surface area contributed by atoms with Gasteiger partial charge >= 0.3 is 0 Å². The highest BCUT2D eigenvalue weighted by Crippen LogP contribution is 2.29. The van der Waals surface area contributed by atoms with E-state index in [9.17, 15) is 0 Å². The highest BCUT2D eigenvalue weighted by molar-refractivity contribution is 7.22. The molecule has 0 aliphatic carbocycles. The Labute approximate surface area is 116 Å². The van der Waals surface area contributed by atoms with Crippen LogP contribution in [0.15, 0.2) is 18.2 Å². The van der Waals surface area contributed by atoms with Crippen molar-refractivity contribution in [1.82, 2.24) is 4.98 Å². The van der Waals surface area contributed by atoms with Crippen LogP contribution in [0.4, 0.5) is 5.13 Å². The first-order valence-corrected chi connectivity index (χ1v) is 7.52. The molecule has 1 aliphatic rings. The van der Waals surface area contributed by atoms with Gasteiger partial charge in [-0.05, 0) is 31.5 Å². The molecule has 4 nitrogen and oxygen atoms in total. The smallest absolute Gasteiger partial charge is 0.183 e. The monoisotopic (exact) mass is 278 g/mol. The molecule has 1 aromatic carbocycles. The van der Waals surface area contributed by atoms with Gasteiger partial charge in [-0.1, -0.05) is 11.3 Å². The van der Waals surface area contributed by atoms with Crippen LogP contribution in [-0.2, 0) is 4.74 Å². The lowest BCUT2D eigenvalue weighted by molar-refractivity contribution is 0.187. The molecule has 2 aromatic rings. The summed E-state index contributed by atoms with van der Waals surface area (Å²) in [5, 5.41) is 4.40. The lowest BCUT2D eigenvalue weighted by atomic mass is 10.1. The number of hydrogen-bond donors (Lipinski definition) is 1. The van der Waals surface area contributed by atoms with E-state index in [1.807, 2.05) is 19.1 Å². The van der Waals surface area contributed by atoms with Crippen molar-refractivity contribution < 1.29 is 9.47 Å². The van der Waals surface area contributed by atoms with Gasteiger partial charge in [0.2, 0.25) is 0 Å². The number of nitrogens with zero attached hydrogens (tertiary/aromatic N) is 1. The van der Waals surface area contributed by atoms with E-state index in [0.717, 1.165) is 47.3 Å². The second kappa shape index (κ2) is 5.75. The molecule has 0 spiro atoms. The van der Waals surface area contributed by atoms with Gasteiger partial charge < -0.3 is 14.8 Å². The van der Waals surface area contributed by atoms with E-state index in [4.69, 9.17) is 9.47 Å². The van der Waals surface area contributed by atoms with Crippen LogP contribution >= 0.6 is 11.3 Å². The normalized spacial score (nSPS) is 18.9. The standard InChI is InChI=1S/C14H18N2O2S/c1-2-18-11-3-4-12-13(7-11)19-14(16-12)15-8-10-5-6-17-9-10/h3-4,7,10H,2,5-6,8-9H2,1H3,(H,15,16). The van der Waals surface area contributed by atoms with Crippen LogP contribution in [0.5, 0.6) is 5.75 Å². The third kappa shape index (κ3) is 2.98. The highest BCUT2D eigenvalue weighted by atomic mass is 32.1. The molecular weight excluding hydrogens is 260 g/mol. The summed E-state index contributed by atoms with van der Waals surface area (Å²) in [6.07, 6.45) is 1.15. The highest BCUT2D eigenvalue weighted by Gasteiger charge is 2.15. The minimum absolute atomic E-state index is 0.617. The third-order valence-corrected chi connectivity index (χ3v) is 4.21. The predicted octanol–water partition coefficient (Wildman–Crippen LogP) is 3.14. The molecule has 1 unspecified atom stereocenters. The van der Waals surface area contributed by atoms with Gasteiger partial charge in [-0.2, -0.15) is 0 Å². The minimum atomic E-state index is 0.617. The van der Waals surface area contributed by atoms with Crippen LogP contribution in [0, 0.1) is 5.92 Å². The zero-order chi connectivity index (χ0) is 13.1. The van der Waals surface area contributed by atoms with Gasteiger partial charge in [0, 0.05) is 19.1 Å². The predicted molar refractivity (Wildman–Crippen MR) is 78.2 cm³/mol. The van der Waals surface area contributed by atoms with Gasteiger partial charge in [-0.25, -0.2) is 4.98 Å². The van der Waals surface area contributed by atoms with Gasteiger partial charge in [-0.3, -0.25) is 0 Å². The second-order valence-electron chi connectivity index (χ2n) is 4.69. The molecule has 1 atom stereocenters. The molecule has 0 amide bonds. The summed E-state index contributed by atoms with van der Waals surface area (Å²) in [6.45, 7) is 5.39. The molecule has 1 fully saturated rings. The number of rotatable bonds is 5. The second-order valence-corrected chi connectivity index (χ2v) is 5.72. The number of benzene rings is 1. The summed E-state index contributed by atoms with van der Waals surface area (Å²) in [5.41, 5.74) is 1.03. The van der Waals surface area contributed by atoms with Gasteiger partial charge in [0.15, 0.2) is 5.13 Å². The van der Waals surface area contributed by atoms with E-state index in [2.05, 4.69) is 16.4 Å². The van der Waals surface area contributed by atoms with Crippen LogP contribution in [-0.4, -0.2) is 31.3 Å². The van der Waals surface area contributed by atoms with E-state index >= 15 is 0 Å². The average Bonchev–Trinajstić information content (AvgIpc) is 3.05. The number of nitrogens with one attached hydrogen (secondary N) is 1. The molecular formula is C14H18N2O2S. The Morgan fingerprint density at radius 1 is 1.53 bits per heavy atom. The summed E-state index contributed by atoms with van der Waals surface area (Å²) in [5.74, 6) is 1.53. The maximum absolute atomic E-state index is 5.51. The Balaban J connectivity index is 1.69. The summed E-state index contributed by atoms with van der Waals surface area (Å²) >= 11 is 1.68. The fraction of sp³-hybridized carbons (Fsp3) is 0.500. The Morgan fingerprint density at radius 2 is 2.47 bits per heavy atom. The Bertz CT molecular complexity index is 549. The first-order valence-electron chi connectivity index (χ1n) is 6.70. The van der Waals surface area contributed by atoms with Crippen LogP contribution in [0.3, 0.4) is 0 Å². The lowest BCUT2D eigenvalue weighted by Gasteiger charge is -2.07. The van der Waals surface area contributed by atoms with Crippen molar-refractivity contribution in [2.75, 3.05) is 31.7 Å². The number of thiazole rings is 1. The molecule has 102 valence electrons. The number of aromatic nitrogens is 1. The molecule has 2 heterocycles. The summed E-state index contributed by atoms with van der Waals surface area (Å²) < 4.78 is 12.0. The van der Waals surface area contributed by atoms with Crippen LogP contribution in [0.25, 0.3) is 10.2 Å². The number of hydrogen-bond acceptors (Lipinski definition) is 5. The zero-order valence-electron chi connectivity index (χ0n) is 11.0. The first-order chi connectivity index (χ1) is 9.35. The zero-order valence-corrected chi connectivity index (χ0v) is 11.8. The number of ether oxygens (including phenoxy) is 2. The van der Waals surface area contributed by atoms with E-state index in [-0.39, 0.29) is 0 Å². The SMILES string of the molecule is CCOc1ccc2nc(NCC3CCOC3)sc2c1. The van der Waals surface area contributed by atoms with Crippen molar-refractivity contribution in [2.24, 2.45) is 5.92 Å². The molecule has 1 aromatic heterocycles. The Kier molecular flexibility index (Phi) is 3.84. The van der Waals surface area contributed by atoms with Crippen molar-refractivity contribution in [2.45, 2.75) is 13.3 Å². The summed E-state index contributed by atoms with van der Waals surface area (Å²) in [4.78, 5) is 4.59. The van der Waals surface area contributed by atoms with E-state index in [1.54, 1.807) is 11.3 Å². The van der Waals surface area contributed by atoms with Gasteiger partial charge in [-0.15, -0.1) is 0 Å². The van der Waals surface area contributed by atoms with Crippen molar-refractivity contribution in [1.29, 1.82) is 0 Å². The molecule has 0 bridgehead atoms. The topological polar surface area (TPSA) is 43.4 Å². The van der Waals surface area contributed by atoms with Gasteiger partial charge in [0.05, 0.1) is 23.4 Å². The molecule has 1 saturated heterocycles. The number of fused-ring (bicyclic) bond motifs is 1. The first kappa shape index (κ1) is 12.7. The maximum Gasteiger partial charge on any atom is 0.183 e. The molecule has 0 saturated carbocycles. The van der Waals surface area contributed by atoms with E-state index in [1.165, 1.54) is 0 Å². The van der Waals surface area contributed by atoms with Crippen molar-refractivity contribution in [3.05, 3.63) is 18.2 Å².